The summed E-state index contributed by atoms with van der Waals surface area (Å²) in [5.41, 5.74) is 1.80. The van der Waals surface area contributed by atoms with Crippen molar-refractivity contribution >= 4 is 11.9 Å². The molecule has 6 nitrogen and oxygen atoms in total. The van der Waals surface area contributed by atoms with E-state index < -0.39 is 24.6 Å². The second-order valence-electron chi connectivity index (χ2n) is 4.81. The van der Waals surface area contributed by atoms with Crippen LogP contribution in [0.2, 0.25) is 0 Å². The summed E-state index contributed by atoms with van der Waals surface area (Å²) in [6.07, 6.45) is -3.67. The van der Waals surface area contributed by atoms with E-state index in [2.05, 4.69) is 4.84 Å². The lowest BCUT2D eigenvalue weighted by atomic mass is 9.96. The molecule has 0 atom stereocenters. The maximum absolute atomic E-state index is 11.8. The first-order valence-electron chi connectivity index (χ1n) is 6.15. The SMILES string of the molecule is CN(C)C(=O)N1CCC(C(=O)NOCC(F)(F)F)CC1. The third-order valence-corrected chi connectivity index (χ3v) is 2.93. The number of nitrogens with one attached hydrogen (secondary N) is 1. The normalized spacial score (nSPS) is 16.9. The molecular formula is C11H18F3N3O3. The molecule has 1 rings (SSSR count). The van der Waals surface area contributed by atoms with Gasteiger partial charge in [-0.1, -0.05) is 0 Å². The summed E-state index contributed by atoms with van der Waals surface area (Å²) in [5, 5.41) is 0. The van der Waals surface area contributed by atoms with E-state index in [1.54, 1.807) is 24.5 Å². The number of alkyl halides is 3. The largest absolute Gasteiger partial charge is 0.414 e. The first kappa shape index (κ1) is 16.5. The van der Waals surface area contributed by atoms with Gasteiger partial charge in [0, 0.05) is 33.1 Å². The minimum absolute atomic E-state index is 0.142. The molecule has 0 aliphatic carbocycles. The number of piperidine rings is 1. The maximum atomic E-state index is 11.8. The van der Waals surface area contributed by atoms with Gasteiger partial charge in [0.05, 0.1) is 0 Å². The Balaban J connectivity index is 2.31. The molecule has 3 amide bonds. The van der Waals surface area contributed by atoms with Crippen LogP contribution in [-0.4, -0.2) is 61.7 Å². The van der Waals surface area contributed by atoms with Gasteiger partial charge in [-0.3, -0.25) is 9.63 Å². The zero-order valence-corrected chi connectivity index (χ0v) is 11.4. The monoisotopic (exact) mass is 297 g/mol. The van der Waals surface area contributed by atoms with E-state index in [0.29, 0.717) is 25.9 Å². The molecule has 1 aliphatic rings. The number of nitrogens with zero attached hydrogens (tertiary/aromatic N) is 2. The van der Waals surface area contributed by atoms with Crippen LogP contribution in [0.4, 0.5) is 18.0 Å². The highest BCUT2D eigenvalue weighted by Gasteiger charge is 2.31. The molecular weight excluding hydrogens is 279 g/mol. The highest BCUT2D eigenvalue weighted by molar-refractivity contribution is 5.78. The molecule has 116 valence electrons. The predicted molar refractivity (Wildman–Crippen MR) is 63.5 cm³/mol. The summed E-state index contributed by atoms with van der Waals surface area (Å²) in [5.74, 6) is -1.01. The molecule has 9 heteroatoms. The van der Waals surface area contributed by atoms with E-state index in [-0.39, 0.29) is 6.03 Å². The summed E-state index contributed by atoms with van der Waals surface area (Å²) in [4.78, 5) is 30.4. The van der Waals surface area contributed by atoms with Gasteiger partial charge in [0.2, 0.25) is 5.91 Å². The lowest BCUT2D eigenvalue weighted by Crippen LogP contribution is -2.46. The minimum atomic E-state index is -4.48. The quantitative estimate of drug-likeness (QED) is 0.790. The second kappa shape index (κ2) is 6.78. The van der Waals surface area contributed by atoms with Crippen LogP contribution in [0.25, 0.3) is 0 Å². The van der Waals surface area contributed by atoms with Gasteiger partial charge in [0.25, 0.3) is 0 Å². The number of hydrogen-bond donors (Lipinski definition) is 1. The van der Waals surface area contributed by atoms with Crippen molar-refractivity contribution in [2.24, 2.45) is 5.92 Å². The van der Waals surface area contributed by atoms with Crippen molar-refractivity contribution in [3.8, 4) is 0 Å². The average Bonchev–Trinajstić information content (AvgIpc) is 2.36. The van der Waals surface area contributed by atoms with Gasteiger partial charge in [-0.2, -0.15) is 13.2 Å². The van der Waals surface area contributed by atoms with E-state index >= 15 is 0 Å². The van der Waals surface area contributed by atoms with Gasteiger partial charge >= 0.3 is 12.2 Å². The predicted octanol–water partition coefficient (Wildman–Crippen LogP) is 0.990. The van der Waals surface area contributed by atoms with Gasteiger partial charge in [0.15, 0.2) is 6.61 Å². The van der Waals surface area contributed by atoms with Crippen LogP contribution in [0.5, 0.6) is 0 Å². The lowest BCUT2D eigenvalue weighted by molar-refractivity contribution is -0.193. The van der Waals surface area contributed by atoms with Gasteiger partial charge in [-0.25, -0.2) is 10.3 Å². The Hall–Kier alpha value is -1.51. The number of halogens is 3. The third-order valence-electron chi connectivity index (χ3n) is 2.93. The van der Waals surface area contributed by atoms with Crippen LogP contribution in [0, 0.1) is 5.92 Å². The molecule has 0 aromatic heterocycles. The van der Waals surface area contributed by atoms with Gasteiger partial charge in [-0.05, 0) is 12.8 Å². The molecule has 0 radical (unpaired) electrons. The van der Waals surface area contributed by atoms with Crippen LogP contribution in [0.15, 0.2) is 0 Å². The van der Waals surface area contributed by atoms with E-state index in [0.717, 1.165) is 0 Å². The molecule has 1 heterocycles. The van der Waals surface area contributed by atoms with Crippen molar-refractivity contribution in [2.45, 2.75) is 19.0 Å². The molecule has 0 spiro atoms. The van der Waals surface area contributed by atoms with Crippen molar-refractivity contribution in [2.75, 3.05) is 33.8 Å². The van der Waals surface area contributed by atoms with Gasteiger partial charge < -0.3 is 9.80 Å². The fraction of sp³-hybridized carbons (Fsp3) is 0.818. The van der Waals surface area contributed by atoms with Crippen LogP contribution in [-0.2, 0) is 9.63 Å². The molecule has 0 saturated carbocycles. The Morgan fingerprint density at radius 1 is 1.30 bits per heavy atom. The average molecular weight is 297 g/mol. The third kappa shape index (κ3) is 5.24. The molecule has 1 fully saturated rings. The number of carbonyl (C=O) groups is 2. The number of hydroxylamine groups is 1. The Kier molecular flexibility index (Phi) is 5.61. The standard InChI is InChI=1S/C11H18F3N3O3/c1-16(2)10(19)17-5-3-8(4-6-17)9(18)15-20-7-11(12,13)14/h8H,3-7H2,1-2H3,(H,15,18). The highest BCUT2D eigenvalue weighted by atomic mass is 19.4. The summed E-state index contributed by atoms with van der Waals surface area (Å²) in [7, 11) is 3.26. The lowest BCUT2D eigenvalue weighted by Gasteiger charge is -2.32. The molecule has 0 bridgehead atoms. The molecule has 1 aliphatic heterocycles. The summed E-state index contributed by atoms with van der Waals surface area (Å²) >= 11 is 0. The number of rotatable bonds is 3. The Morgan fingerprint density at radius 2 is 1.85 bits per heavy atom. The Bertz CT molecular complexity index is 353. The van der Waals surface area contributed by atoms with Crippen molar-refractivity contribution in [3.05, 3.63) is 0 Å². The summed E-state index contributed by atoms with van der Waals surface area (Å²) < 4.78 is 35.5. The molecule has 1 N–H and O–H groups in total. The molecule has 0 aromatic rings. The van der Waals surface area contributed by atoms with Crippen molar-refractivity contribution in [3.63, 3.8) is 0 Å². The van der Waals surface area contributed by atoms with Crippen LogP contribution in [0.1, 0.15) is 12.8 Å². The Morgan fingerprint density at radius 3 is 2.30 bits per heavy atom. The smallest absolute Gasteiger partial charge is 0.331 e. The van der Waals surface area contributed by atoms with Gasteiger partial charge in [-0.15, -0.1) is 0 Å². The zero-order chi connectivity index (χ0) is 15.3. The fourth-order valence-corrected chi connectivity index (χ4v) is 1.89. The molecule has 0 aromatic carbocycles. The van der Waals surface area contributed by atoms with Gasteiger partial charge in [0.1, 0.15) is 0 Å². The number of carbonyl (C=O) groups excluding carboxylic acids is 2. The first-order chi connectivity index (χ1) is 9.20. The highest BCUT2D eigenvalue weighted by Crippen LogP contribution is 2.18. The van der Waals surface area contributed by atoms with Crippen molar-refractivity contribution in [1.82, 2.24) is 15.3 Å². The number of hydrogen-bond acceptors (Lipinski definition) is 3. The van der Waals surface area contributed by atoms with Crippen LogP contribution < -0.4 is 5.48 Å². The molecule has 0 unspecified atom stereocenters. The maximum Gasteiger partial charge on any atom is 0.414 e. The topological polar surface area (TPSA) is 61.9 Å². The molecule has 20 heavy (non-hydrogen) atoms. The Labute approximate surface area is 114 Å². The fourth-order valence-electron chi connectivity index (χ4n) is 1.89. The van der Waals surface area contributed by atoms with Crippen LogP contribution in [0.3, 0.4) is 0 Å². The first-order valence-corrected chi connectivity index (χ1v) is 6.15. The number of urea groups is 1. The van der Waals surface area contributed by atoms with E-state index in [1.165, 1.54) is 4.90 Å². The summed E-state index contributed by atoms with van der Waals surface area (Å²) in [6.45, 7) is -0.723. The van der Waals surface area contributed by atoms with E-state index in [9.17, 15) is 22.8 Å². The summed E-state index contributed by atoms with van der Waals surface area (Å²) in [6, 6.07) is -0.142. The van der Waals surface area contributed by atoms with Crippen molar-refractivity contribution < 1.29 is 27.6 Å². The number of likely N-dealkylation sites (tertiary alicyclic amines) is 1. The second-order valence-corrected chi connectivity index (χ2v) is 4.81. The zero-order valence-electron chi connectivity index (χ0n) is 11.4. The van der Waals surface area contributed by atoms with E-state index in [4.69, 9.17) is 0 Å². The van der Waals surface area contributed by atoms with Crippen LogP contribution >= 0.6 is 0 Å². The van der Waals surface area contributed by atoms with Crippen molar-refractivity contribution in [1.29, 1.82) is 0 Å². The minimum Gasteiger partial charge on any atom is -0.331 e. The number of amides is 3. The molecule has 1 saturated heterocycles. The van der Waals surface area contributed by atoms with E-state index in [1.807, 2.05) is 0 Å².